The quantitative estimate of drug-likeness (QED) is 0.703. The van der Waals surface area contributed by atoms with Crippen LogP contribution in [0.25, 0.3) is 0 Å². The molecule has 0 unspecified atom stereocenters. The van der Waals surface area contributed by atoms with Crippen LogP contribution in [0.5, 0.6) is 0 Å². The standard InChI is InChI=1S/C10H16F2N2O/c1-2-3-5-14-6-4-9(13-14)7-15-8-10(11)12/h4,6,10H,2-3,5,7-8H2,1H3. The Morgan fingerprint density at radius 3 is 3.00 bits per heavy atom. The number of aromatic nitrogens is 2. The van der Waals surface area contributed by atoms with Gasteiger partial charge >= 0.3 is 0 Å². The summed E-state index contributed by atoms with van der Waals surface area (Å²) in [7, 11) is 0. The number of rotatable bonds is 7. The minimum atomic E-state index is -2.41. The average molecular weight is 218 g/mol. The number of nitrogens with zero attached hydrogens (tertiary/aromatic N) is 2. The van der Waals surface area contributed by atoms with Crippen molar-refractivity contribution in [1.82, 2.24) is 9.78 Å². The fraction of sp³-hybridized carbons (Fsp3) is 0.700. The molecule has 1 heterocycles. The van der Waals surface area contributed by atoms with Crippen molar-refractivity contribution < 1.29 is 13.5 Å². The molecule has 0 amide bonds. The Morgan fingerprint density at radius 2 is 2.33 bits per heavy atom. The van der Waals surface area contributed by atoms with Crippen LogP contribution in [0.15, 0.2) is 12.3 Å². The molecule has 0 aliphatic heterocycles. The smallest absolute Gasteiger partial charge is 0.261 e. The van der Waals surface area contributed by atoms with Crippen LogP contribution in [0.2, 0.25) is 0 Å². The number of aryl methyl sites for hydroxylation is 1. The highest BCUT2D eigenvalue weighted by Crippen LogP contribution is 2.02. The van der Waals surface area contributed by atoms with E-state index in [4.69, 9.17) is 4.74 Å². The van der Waals surface area contributed by atoms with Crippen molar-refractivity contribution in [1.29, 1.82) is 0 Å². The Labute approximate surface area is 88.0 Å². The van der Waals surface area contributed by atoms with Crippen molar-refractivity contribution in [2.24, 2.45) is 0 Å². The molecular formula is C10H16F2N2O. The number of halogens is 2. The lowest BCUT2D eigenvalue weighted by molar-refractivity contribution is 0.00868. The van der Waals surface area contributed by atoms with Gasteiger partial charge in [0, 0.05) is 12.7 Å². The summed E-state index contributed by atoms with van der Waals surface area (Å²) in [6.45, 7) is 2.60. The molecule has 1 rings (SSSR count). The number of ether oxygens (including phenoxy) is 1. The SMILES string of the molecule is CCCCn1ccc(COCC(F)F)n1. The number of hydrogen-bond donors (Lipinski definition) is 0. The molecule has 0 atom stereocenters. The maximum absolute atomic E-state index is 11.8. The fourth-order valence-corrected chi connectivity index (χ4v) is 1.18. The van der Waals surface area contributed by atoms with E-state index in [0.717, 1.165) is 19.4 Å². The normalized spacial score (nSPS) is 11.2. The molecule has 0 spiro atoms. The van der Waals surface area contributed by atoms with Crippen molar-refractivity contribution in [3.8, 4) is 0 Å². The topological polar surface area (TPSA) is 27.1 Å². The summed E-state index contributed by atoms with van der Waals surface area (Å²) in [4.78, 5) is 0. The molecule has 1 aromatic heterocycles. The first-order chi connectivity index (χ1) is 7.22. The van der Waals surface area contributed by atoms with Gasteiger partial charge in [0.15, 0.2) is 0 Å². The lowest BCUT2D eigenvalue weighted by Gasteiger charge is -2.01. The van der Waals surface area contributed by atoms with Gasteiger partial charge in [-0.2, -0.15) is 5.10 Å². The molecule has 0 fully saturated rings. The Morgan fingerprint density at radius 1 is 1.53 bits per heavy atom. The monoisotopic (exact) mass is 218 g/mol. The van der Waals surface area contributed by atoms with Crippen LogP contribution in [0.3, 0.4) is 0 Å². The zero-order chi connectivity index (χ0) is 11.1. The Bertz CT molecular complexity index is 276. The molecule has 15 heavy (non-hydrogen) atoms. The van der Waals surface area contributed by atoms with Crippen LogP contribution in [-0.2, 0) is 17.9 Å². The molecule has 0 bridgehead atoms. The first kappa shape index (κ1) is 12.1. The van der Waals surface area contributed by atoms with E-state index in [1.165, 1.54) is 0 Å². The maximum Gasteiger partial charge on any atom is 0.261 e. The second-order valence-electron chi connectivity index (χ2n) is 3.33. The number of unbranched alkanes of at least 4 members (excludes halogenated alkanes) is 1. The zero-order valence-electron chi connectivity index (χ0n) is 8.83. The van der Waals surface area contributed by atoms with E-state index in [0.29, 0.717) is 5.69 Å². The largest absolute Gasteiger partial charge is 0.369 e. The lowest BCUT2D eigenvalue weighted by Crippen LogP contribution is -2.05. The molecule has 0 aliphatic rings. The van der Waals surface area contributed by atoms with Gasteiger partial charge in [0.2, 0.25) is 0 Å². The van der Waals surface area contributed by atoms with Crippen LogP contribution in [0.4, 0.5) is 8.78 Å². The lowest BCUT2D eigenvalue weighted by atomic mass is 10.3. The van der Waals surface area contributed by atoms with Crippen LogP contribution in [0, 0.1) is 0 Å². The fourth-order valence-electron chi connectivity index (χ4n) is 1.18. The molecule has 0 aromatic carbocycles. The Hall–Kier alpha value is -0.970. The third-order valence-electron chi connectivity index (χ3n) is 1.93. The van der Waals surface area contributed by atoms with E-state index in [-0.39, 0.29) is 6.61 Å². The molecule has 3 nitrogen and oxygen atoms in total. The highest BCUT2D eigenvalue weighted by atomic mass is 19.3. The van der Waals surface area contributed by atoms with Crippen LogP contribution in [0.1, 0.15) is 25.5 Å². The predicted molar refractivity (Wildman–Crippen MR) is 52.8 cm³/mol. The van der Waals surface area contributed by atoms with Gasteiger partial charge in [-0.05, 0) is 12.5 Å². The molecule has 0 radical (unpaired) electrons. The highest BCUT2D eigenvalue weighted by Gasteiger charge is 2.03. The predicted octanol–water partition coefficient (Wildman–Crippen LogP) is 2.46. The second kappa shape index (κ2) is 6.50. The summed E-state index contributed by atoms with van der Waals surface area (Å²) in [6, 6.07) is 1.79. The summed E-state index contributed by atoms with van der Waals surface area (Å²) in [5.74, 6) is 0. The molecule has 0 aliphatic carbocycles. The number of alkyl halides is 2. The summed E-state index contributed by atoms with van der Waals surface area (Å²) in [5.41, 5.74) is 0.701. The summed E-state index contributed by atoms with van der Waals surface area (Å²) in [5, 5.41) is 4.19. The minimum absolute atomic E-state index is 0.156. The molecule has 86 valence electrons. The highest BCUT2D eigenvalue weighted by molar-refractivity contribution is 4.96. The third kappa shape index (κ3) is 4.88. The zero-order valence-corrected chi connectivity index (χ0v) is 8.83. The molecule has 0 N–H and O–H groups in total. The molecule has 1 aromatic rings. The van der Waals surface area contributed by atoms with Gasteiger partial charge in [-0.15, -0.1) is 0 Å². The molecule has 5 heteroatoms. The number of hydrogen-bond acceptors (Lipinski definition) is 2. The van der Waals surface area contributed by atoms with E-state index in [1.54, 1.807) is 6.07 Å². The summed E-state index contributed by atoms with van der Waals surface area (Å²) >= 11 is 0. The van der Waals surface area contributed by atoms with Gasteiger partial charge in [-0.25, -0.2) is 8.78 Å². The van der Waals surface area contributed by atoms with E-state index >= 15 is 0 Å². The second-order valence-corrected chi connectivity index (χ2v) is 3.33. The van der Waals surface area contributed by atoms with E-state index in [9.17, 15) is 8.78 Å². The third-order valence-corrected chi connectivity index (χ3v) is 1.93. The first-order valence-corrected chi connectivity index (χ1v) is 5.10. The van der Waals surface area contributed by atoms with Gasteiger partial charge in [-0.1, -0.05) is 13.3 Å². The van der Waals surface area contributed by atoms with Gasteiger partial charge in [0.1, 0.15) is 6.61 Å². The van der Waals surface area contributed by atoms with Gasteiger partial charge in [0.25, 0.3) is 6.43 Å². The Balaban J connectivity index is 2.26. The van der Waals surface area contributed by atoms with E-state index < -0.39 is 13.0 Å². The van der Waals surface area contributed by atoms with Crippen molar-refractivity contribution in [2.45, 2.75) is 39.3 Å². The van der Waals surface area contributed by atoms with Crippen LogP contribution >= 0.6 is 0 Å². The molecular weight excluding hydrogens is 202 g/mol. The van der Waals surface area contributed by atoms with Crippen LogP contribution in [-0.4, -0.2) is 22.8 Å². The van der Waals surface area contributed by atoms with Gasteiger partial charge in [-0.3, -0.25) is 4.68 Å². The van der Waals surface area contributed by atoms with Crippen molar-refractivity contribution in [3.63, 3.8) is 0 Å². The minimum Gasteiger partial charge on any atom is -0.369 e. The van der Waals surface area contributed by atoms with Gasteiger partial charge < -0.3 is 4.74 Å². The Kier molecular flexibility index (Phi) is 5.25. The molecule has 0 saturated heterocycles. The summed E-state index contributed by atoms with van der Waals surface area (Å²) < 4.78 is 30.1. The molecule has 0 saturated carbocycles. The first-order valence-electron chi connectivity index (χ1n) is 5.10. The van der Waals surface area contributed by atoms with E-state index in [1.807, 2.05) is 10.9 Å². The summed E-state index contributed by atoms with van der Waals surface area (Å²) in [6.07, 6.45) is 1.61. The average Bonchev–Trinajstić information content (AvgIpc) is 2.62. The van der Waals surface area contributed by atoms with E-state index in [2.05, 4.69) is 12.0 Å². The maximum atomic E-state index is 11.8. The van der Waals surface area contributed by atoms with Crippen molar-refractivity contribution in [2.75, 3.05) is 6.61 Å². The van der Waals surface area contributed by atoms with Crippen molar-refractivity contribution in [3.05, 3.63) is 18.0 Å². The van der Waals surface area contributed by atoms with Crippen LogP contribution < -0.4 is 0 Å². The van der Waals surface area contributed by atoms with Gasteiger partial charge in [0.05, 0.1) is 12.3 Å². The van der Waals surface area contributed by atoms with Crippen molar-refractivity contribution >= 4 is 0 Å².